The molecule has 1 heterocycles. The van der Waals surface area contributed by atoms with E-state index in [0.29, 0.717) is 16.0 Å². The van der Waals surface area contributed by atoms with E-state index in [1.165, 1.54) is 11.8 Å². The molecule has 0 bridgehead atoms. The Morgan fingerprint density at radius 2 is 1.66 bits per heavy atom. The minimum Gasteiger partial charge on any atom is -0.272 e. The molecule has 35 heavy (non-hydrogen) atoms. The van der Waals surface area contributed by atoms with Gasteiger partial charge in [0.15, 0.2) is 11.0 Å². The van der Waals surface area contributed by atoms with Crippen molar-refractivity contribution >= 4 is 46.3 Å². The second-order valence-electron chi connectivity index (χ2n) is 7.63. The van der Waals surface area contributed by atoms with Crippen LogP contribution in [0.3, 0.4) is 0 Å². The normalized spacial score (nSPS) is 11.2. The molecule has 0 atom stereocenters. The lowest BCUT2D eigenvalue weighted by molar-refractivity contribution is -0.118. The second kappa shape index (κ2) is 10.5. The molecule has 5 aromatic rings. The summed E-state index contributed by atoms with van der Waals surface area (Å²) in [4.78, 5) is 12.5. The van der Waals surface area contributed by atoms with Gasteiger partial charge in [0.05, 0.1) is 12.0 Å². The van der Waals surface area contributed by atoms with Crippen molar-refractivity contribution in [3.8, 4) is 17.1 Å². The number of hydrazone groups is 1. The standard InChI is InChI=1S/C27H20ClN5OS/c28-22-13-15-23(16-14-22)33-26(20-8-2-1-3-9-20)31-32-27(33)35-18-25(34)30-29-17-21-11-6-10-19-7-4-5-12-24(19)21/h1-17H,18H2,(H,30,34). The highest BCUT2D eigenvalue weighted by molar-refractivity contribution is 7.99. The predicted octanol–water partition coefficient (Wildman–Crippen LogP) is 5.98. The molecule has 0 spiro atoms. The second-order valence-corrected chi connectivity index (χ2v) is 9.01. The third-order valence-corrected chi connectivity index (χ3v) is 6.48. The molecular weight excluding hydrogens is 478 g/mol. The van der Waals surface area contributed by atoms with Crippen LogP contribution >= 0.6 is 23.4 Å². The highest BCUT2D eigenvalue weighted by Gasteiger charge is 2.17. The summed E-state index contributed by atoms with van der Waals surface area (Å²) < 4.78 is 1.92. The van der Waals surface area contributed by atoms with Gasteiger partial charge in [-0.1, -0.05) is 96.2 Å². The van der Waals surface area contributed by atoms with E-state index >= 15 is 0 Å². The Hall–Kier alpha value is -3.94. The molecule has 0 aliphatic carbocycles. The third-order valence-electron chi connectivity index (χ3n) is 5.30. The van der Waals surface area contributed by atoms with E-state index in [1.54, 1.807) is 6.21 Å². The topological polar surface area (TPSA) is 72.2 Å². The Bertz CT molecular complexity index is 1490. The molecule has 6 nitrogen and oxygen atoms in total. The van der Waals surface area contributed by atoms with Crippen molar-refractivity contribution in [2.24, 2.45) is 5.10 Å². The molecule has 8 heteroatoms. The van der Waals surface area contributed by atoms with Crippen LogP contribution in [0, 0.1) is 0 Å². The summed E-state index contributed by atoms with van der Waals surface area (Å²) in [5.41, 5.74) is 5.32. The molecule has 1 N–H and O–H groups in total. The smallest absolute Gasteiger partial charge is 0.250 e. The number of hydrogen-bond acceptors (Lipinski definition) is 5. The van der Waals surface area contributed by atoms with Gasteiger partial charge in [0.25, 0.3) is 5.91 Å². The van der Waals surface area contributed by atoms with Crippen LogP contribution in [0.15, 0.2) is 107 Å². The number of fused-ring (bicyclic) bond motifs is 1. The fourth-order valence-electron chi connectivity index (χ4n) is 3.66. The van der Waals surface area contributed by atoms with Crippen LogP contribution in [0.5, 0.6) is 0 Å². The van der Waals surface area contributed by atoms with Crippen molar-refractivity contribution in [2.75, 3.05) is 5.75 Å². The van der Waals surface area contributed by atoms with Gasteiger partial charge in [-0.2, -0.15) is 5.10 Å². The fraction of sp³-hybridized carbons (Fsp3) is 0.0370. The number of carbonyl (C=O) groups excluding carboxylic acids is 1. The number of nitrogens with zero attached hydrogens (tertiary/aromatic N) is 4. The number of amides is 1. The minimum atomic E-state index is -0.238. The van der Waals surface area contributed by atoms with Crippen LogP contribution in [-0.2, 0) is 4.79 Å². The van der Waals surface area contributed by atoms with Crippen LogP contribution in [-0.4, -0.2) is 32.6 Å². The van der Waals surface area contributed by atoms with Gasteiger partial charge in [0, 0.05) is 21.8 Å². The van der Waals surface area contributed by atoms with E-state index in [-0.39, 0.29) is 11.7 Å². The Morgan fingerprint density at radius 3 is 2.49 bits per heavy atom. The number of nitrogens with one attached hydrogen (secondary N) is 1. The first-order valence-corrected chi connectivity index (χ1v) is 12.2. The molecule has 0 radical (unpaired) electrons. The molecule has 172 valence electrons. The van der Waals surface area contributed by atoms with Gasteiger partial charge in [0.2, 0.25) is 0 Å². The maximum absolute atomic E-state index is 12.5. The minimum absolute atomic E-state index is 0.132. The molecule has 0 aliphatic rings. The monoisotopic (exact) mass is 497 g/mol. The first kappa shape index (κ1) is 22.8. The van der Waals surface area contributed by atoms with E-state index in [4.69, 9.17) is 11.6 Å². The molecule has 0 saturated carbocycles. The first-order chi connectivity index (χ1) is 17.2. The molecule has 0 saturated heterocycles. The quantitative estimate of drug-likeness (QED) is 0.170. The number of carbonyl (C=O) groups is 1. The highest BCUT2D eigenvalue weighted by atomic mass is 35.5. The molecule has 1 amide bonds. The lowest BCUT2D eigenvalue weighted by Crippen LogP contribution is -2.20. The van der Waals surface area contributed by atoms with Crippen molar-refractivity contribution in [3.63, 3.8) is 0 Å². The van der Waals surface area contributed by atoms with Gasteiger partial charge >= 0.3 is 0 Å². The van der Waals surface area contributed by atoms with Gasteiger partial charge in [0.1, 0.15) is 0 Å². The summed E-state index contributed by atoms with van der Waals surface area (Å²) in [6.45, 7) is 0. The van der Waals surface area contributed by atoms with Gasteiger partial charge in [-0.25, -0.2) is 5.43 Å². The number of rotatable bonds is 7. The number of aromatic nitrogens is 3. The van der Waals surface area contributed by atoms with Crippen LogP contribution in [0.4, 0.5) is 0 Å². The summed E-state index contributed by atoms with van der Waals surface area (Å²) >= 11 is 7.37. The number of thioether (sulfide) groups is 1. The Balaban J connectivity index is 1.32. The lowest BCUT2D eigenvalue weighted by Gasteiger charge is -2.10. The van der Waals surface area contributed by atoms with E-state index in [1.807, 2.05) is 102 Å². The molecular formula is C27H20ClN5OS. The molecule has 0 fully saturated rings. The molecule has 0 aliphatic heterocycles. The Kier molecular flexibility index (Phi) is 6.88. The SMILES string of the molecule is O=C(CSc1nnc(-c2ccccc2)n1-c1ccc(Cl)cc1)NN=Cc1cccc2ccccc12. The summed E-state index contributed by atoms with van der Waals surface area (Å²) in [6.07, 6.45) is 1.66. The van der Waals surface area contributed by atoms with E-state index in [0.717, 1.165) is 27.6 Å². The van der Waals surface area contributed by atoms with Crippen molar-refractivity contribution in [1.82, 2.24) is 20.2 Å². The highest BCUT2D eigenvalue weighted by Crippen LogP contribution is 2.28. The summed E-state index contributed by atoms with van der Waals surface area (Å²) in [5, 5.41) is 16.3. The van der Waals surface area contributed by atoms with Crippen LogP contribution in [0.1, 0.15) is 5.56 Å². The van der Waals surface area contributed by atoms with Gasteiger partial charge in [-0.15, -0.1) is 10.2 Å². The first-order valence-electron chi connectivity index (χ1n) is 10.9. The lowest BCUT2D eigenvalue weighted by atomic mass is 10.1. The van der Waals surface area contributed by atoms with E-state index in [9.17, 15) is 4.79 Å². The largest absolute Gasteiger partial charge is 0.272 e. The molecule has 4 aromatic carbocycles. The number of benzene rings is 4. The van der Waals surface area contributed by atoms with Gasteiger partial charge in [-0.05, 0) is 35.0 Å². The van der Waals surface area contributed by atoms with Crippen LogP contribution in [0.25, 0.3) is 27.8 Å². The summed E-state index contributed by atoms with van der Waals surface area (Å²) in [5.74, 6) is 0.580. The van der Waals surface area contributed by atoms with Crippen molar-refractivity contribution < 1.29 is 4.79 Å². The zero-order valence-electron chi connectivity index (χ0n) is 18.5. The van der Waals surface area contributed by atoms with Crippen molar-refractivity contribution in [2.45, 2.75) is 5.16 Å². The van der Waals surface area contributed by atoms with Crippen LogP contribution in [0.2, 0.25) is 5.02 Å². The third kappa shape index (κ3) is 5.26. The zero-order valence-corrected chi connectivity index (χ0v) is 20.1. The Labute approximate surface area is 211 Å². The van der Waals surface area contributed by atoms with E-state index in [2.05, 4.69) is 20.7 Å². The average Bonchev–Trinajstić information content (AvgIpc) is 3.32. The zero-order chi connectivity index (χ0) is 24.0. The maximum atomic E-state index is 12.5. The molecule has 5 rings (SSSR count). The maximum Gasteiger partial charge on any atom is 0.250 e. The average molecular weight is 498 g/mol. The predicted molar refractivity (Wildman–Crippen MR) is 142 cm³/mol. The van der Waals surface area contributed by atoms with Crippen molar-refractivity contribution in [3.05, 3.63) is 108 Å². The van der Waals surface area contributed by atoms with Crippen molar-refractivity contribution in [1.29, 1.82) is 0 Å². The van der Waals surface area contributed by atoms with Crippen LogP contribution < -0.4 is 5.43 Å². The van der Waals surface area contributed by atoms with Gasteiger partial charge in [-0.3, -0.25) is 9.36 Å². The van der Waals surface area contributed by atoms with E-state index < -0.39 is 0 Å². The van der Waals surface area contributed by atoms with Gasteiger partial charge < -0.3 is 0 Å². The number of hydrogen-bond donors (Lipinski definition) is 1. The molecule has 1 aromatic heterocycles. The summed E-state index contributed by atoms with van der Waals surface area (Å²) in [7, 11) is 0. The Morgan fingerprint density at radius 1 is 0.914 bits per heavy atom. The summed E-state index contributed by atoms with van der Waals surface area (Å²) in [6, 6.07) is 31.2. The fourth-order valence-corrected chi connectivity index (χ4v) is 4.53. The molecule has 0 unspecified atom stereocenters. The number of halogens is 1.